The lowest BCUT2D eigenvalue weighted by Crippen LogP contribution is -2.12. The fourth-order valence-corrected chi connectivity index (χ4v) is 2.91. The maximum Gasteiger partial charge on any atom is 0.306 e. The molecule has 0 atom stereocenters. The van der Waals surface area contributed by atoms with Crippen molar-refractivity contribution in [2.45, 2.75) is 24.2 Å². The Kier molecular flexibility index (Phi) is 3.57. The number of carbonyl (C=O) groups excluding carboxylic acids is 1. The number of rotatable bonds is 5. The van der Waals surface area contributed by atoms with E-state index < -0.39 is 0 Å². The summed E-state index contributed by atoms with van der Waals surface area (Å²) in [6.07, 6.45) is 4.44. The molecular formula is C12H16N2O2S. The molecule has 0 amide bonds. The monoisotopic (exact) mass is 252 g/mol. The minimum absolute atomic E-state index is 0.114. The second-order valence-corrected chi connectivity index (χ2v) is 5.51. The summed E-state index contributed by atoms with van der Waals surface area (Å²) in [7, 11) is 1.44. The van der Waals surface area contributed by atoms with Gasteiger partial charge in [0.25, 0.3) is 0 Å². The zero-order valence-corrected chi connectivity index (χ0v) is 10.6. The Hall–Kier alpha value is -1.23. The molecule has 0 radical (unpaired) electrons. The number of thioether (sulfide) groups is 1. The zero-order valence-electron chi connectivity index (χ0n) is 9.81. The highest BCUT2D eigenvalue weighted by atomic mass is 32.2. The van der Waals surface area contributed by atoms with Crippen LogP contribution >= 0.6 is 11.8 Å². The largest absolute Gasteiger partial charge is 0.469 e. The van der Waals surface area contributed by atoms with Crippen molar-refractivity contribution in [1.29, 1.82) is 0 Å². The van der Waals surface area contributed by atoms with E-state index in [1.54, 1.807) is 18.0 Å². The third-order valence-corrected chi connectivity index (χ3v) is 4.35. The molecule has 5 heteroatoms. The predicted octanol–water partition coefficient (Wildman–Crippen LogP) is 2.10. The molecule has 0 aromatic carbocycles. The Morgan fingerprint density at radius 1 is 1.65 bits per heavy atom. The van der Waals surface area contributed by atoms with E-state index in [9.17, 15) is 4.79 Å². The fourth-order valence-electron chi connectivity index (χ4n) is 1.68. The van der Waals surface area contributed by atoms with Gasteiger partial charge in [0.2, 0.25) is 0 Å². The first-order valence-corrected chi connectivity index (χ1v) is 6.53. The van der Waals surface area contributed by atoms with E-state index in [0.29, 0.717) is 12.2 Å². The Morgan fingerprint density at radius 2 is 2.41 bits per heavy atom. The highest BCUT2D eigenvalue weighted by Gasteiger charge is 2.44. The smallest absolute Gasteiger partial charge is 0.306 e. The van der Waals surface area contributed by atoms with Crippen molar-refractivity contribution in [3.63, 3.8) is 0 Å². The first-order valence-electron chi connectivity index (χ1n) is 5.55. The Bertz CT molecular complexity index is 419. The summed E-state index contributed by atoms with van der Waals surface area (Å²) in [4.78, 5) is 16.3. The van der Waals surface area contributed by atoms with Gasteiger partial charge in [0.1, 0.15) is 5.82 Å². The Balaban J connectivity index is 1.88. The lowest BCUT2D eigenvalue weighted by molar-refractivity contribution is -0.141. The number of aromatic nitrogens is 1. The molecule has 1 saturated carbocycles. The molecule has 1 aliphatic carbocycles. The Morgan fingerprint density at radius 3 is 3.00 bits per heavy atom. The van der Waals surface area contributed by atoms with E-state index in [0.717, 1.165) is 23.5 Å². The van der Waals surface area contributed by atoms with Crippen LogP contribution in [-0.2, 0) is 9.53 Å². The molecule has 1 aromatic rings. The van der Waals surface area contributed by atoms with Crippen LogP contribution < -0.4 is 5.73 Å². The van der Waals surface area contributed by atoms with Crippen molar-refractivity contribution in [3.8, 4) is 0 Å². The van der Waals surface area contributed by atoms with E-state index in [1.165, 1.54) is 7.11 Å². The highest BCUT2D eigenvalue weighted by molar-refractivity contribution is 7.99. The third kappa shape index (κ3) is 3.36. The lowest BCUT2D eigenvalue weighted by Gasteiger charge is -2.12. The summed E-state index contributed by atoms with van der Waals surface area (Å²) in [5, 5.41) is 0. The summed E-state index contributed by atoms with van der Waals surface area (Å²) in [5.74, 6) is 1.36. The number of methoxy groups -OCH3 is 1. The summed E-state index contributed by atoms with van der Waals surface area (Å²) < 4.78 is 4.72. The van der Waals surface area contributed by atoms with Crippen LogP contribution in [0.4, 0.5) is 5.82 Å². The van der Waals surface area contributed by atoms with E-state index >= 15 is 0 Å². The number of pyridine rings is 1. The SMILES string of the molecule is COC(=O)CC1(CSc2ccnc(N)c2)CC1. The molecule has 1 aromatic heterocycles. The van der Waals surface area contributed by atoms with Gasteiger partial charge in [0.05, 0.1) is 13.5 Å². The molecule has 1 aliphatic rings. The topological polar surface area (TPSA) is 65.2 Å². The molecule has 0 spiro atoms. The number of carbonyl (C=O) groups is 1. The number of ether oxygens (including phenoxy) is 1. The minimum Gasteiger partial charge on any atom is -0.469 e. The standard InChI is InChI=1S/C12H16N2O2S/c1-16-11(15)7-12(3-4-12)8-17-9-2-5-14-10(13)6-9/h2,5-6H,3-4,7-8H2,1H3,(H2,13,14). The second-order valence-electron chi connectivity index (χ2n) is 4.46. The molecule has 2 rings (SSSR count). The minimum atomic E-state index is -0.114. The summed E-state index contributed by atoms with van der Waals surface area (Å²) in [6.45, 7) is 0. The highest BCUT2D eigenvalue weighted by Crippen LogP contribution is 2.52. The van der Waals surface area contributed by atoms with Crippen LogP contribution in [0.5, 0.6) is 0 Å². The van der Waals surface area contributed by atoms with Gasteiger partial charge in [-0.3, -0.25) is 4.79 Å². The second kappa shape index (κ2) is 4.96. The molecule has 1 heterocycles. The molecule has 4 nitrogen and oxygen atoms in total. The van der Waals surface area contributed by atoms with Crippen molar-refractivity contribution < 1.29 is 9.53 Å². The third-order valence-electron chi connectivity index (χ3n) is 3.00. The van der Waals surface area contributed by atoms with Crippen LogP contribution in [0.3, 0.4) is 0 Å². The van der Waals surface area contributed by atoms with Crippen molar-refractivity contribution in [3.05, 3.63) is 18.3 Å². The average molecular weight is 252 g/mol. The molecule has 0 bridgehead atoms. The zero-order chi connectivity index (χ0) is 12.3. The molecule has 92 valence electrons. The van der Waals surface area contributed by atoms with Gasteiger partial charge in [-0.1, -0.05) is 0 Å². The van der Waals surface area contributed by atoms with Crippen LogP contribution in [0, 0.1) is 5.41 Å². The van der Waals surface area contributed by atoms with E-state index in [2.05, 4.69) is 4.98 Å². The first-order chi connectivity index (χ1) is 8.13. The van der Waals surface area contributed by atoms with E-state index in [4.69, 9.17) is 10.5 Å². The number of hydrogen-bond acceptors (Lipinski definition) is 5. The average Bonchev–Trinajstić information content (AvgIpc) is 3.07. The molecule has 2 N–H and O–H groups in total. The van der Waals surface area contributed by atoms with Crippen molar-refractivity contribution >= 4 is 23.5 Å². The quantitative estimate of drug-likeness (QED) is 0.642. The van der Waals surface area contributed by atoms with Gasteiger partial charge in [-0.15, -0.1) is 11.8 Å². The number of hydrogen-bond donors (Lipinski definition) is 1. The normalized spacial score (nSPS) is 16.5. The first kappa shape index (κ1) is 12.2. The maximum atomic E-state index is 11.3. The van der Waals surface area contributed by atoms with Crippen LogP contribution in [-0.4, -0.2) is 23.8 Å². The summed E-state index contributed by atoms with van der Waals surface area (Å²) in [5.41, 5.74) is 5.77. The molecule has 17 heavy (non-hydrogen) atoms. The lowest BCUT2D eigenvalue weighted by atomic mass is 10.1. The van der Waals surface area contributed by atoms with Crippen LogP contribution in [0.1, 0.15) is 19.3 Å². The van der Waals surface area contributed by atoms with Crippen molar-refractivity contribution in [2.24, 2.45) is 5.41 Å². The van der Waals surface area contributed by atoms with Gasteiger partial charge < -0.3 is 10.5 Å². The van der Waals surface area contributed by atoms with Crippen LogP contribution in [0.2, 0.25) is 0 Å². The number of nitrogens with zero attached hydrogens (tertiary/aromatic N) is 1. The predicted molar refractivity (Wildman–Crippen MR) is 67.7 cm³/mol. The van der Waals surface area contributed by atoms with Gasteiger partial charge in [0, 0.05) is 16.8 Å². The van der Waals surface area contributed by atoms with Gasteiger partial charge in [-0.2, -0.15) is 0 Å². The molecule has 1 fully saturated rings. The van der Waals surface area contributed by atoms with Gasteiger partial charge >= 0.3 is 5.97 Å². The van der Waals surface area contributed by atoms with Gasteiger partial charge in [-0.05, 0) is 30.4 Å². The Labute approximate surface area is 105 Å². The van der Waals surface area contributed by atoms with Crippen molar-refractivity contribution in [1.82, 2.24) is 4.98 Å². The number of nitrogen functional groups attached to an aromatic ring is 1. The van der Waals surface area contributed by atoms with E-state index in [-0.39, 0.29) is 11.4 Å². The van der Waals surface area contributed by atoms with Gasteiger partial charge in [0.15, 0.2) is 0 Å². The van der Waals surface area contributed by atoms with Gasteiger partial charge in [-0.25, -0.2) is 4.98 Å². The van der Waals surface area contributed by atoms with Crippen LogP contribution in [0.25, 0.3) is 0 Å². The number of nitrogens with two attached hydrogens (primary N) is 1. The fraction of sp³-hybridized carbons (Fsp3) is 0.500. The number of esters is 1. The molecular weight excluding hydrogens is 236 g/mol. The maximum absolute atomic E-state index is 11.3. The summed E-state index contributed by atoms with van der Waals surface area (Å²) in [6, 6.07) is 3.80. The van der Waals surface area contributed by atoms with Crippen molar-refractivity contribution in [2.75, 3.05) is 18.6 Å². The van der Waals surface area contributed by atoms with E-state index in [1.807, 2.05) is 12.1 Å². The summed E-state index contributed by atoms with van der Waals surface area (Å²) >= 11 is 1.73. The molecule has 0 saturated heterocycles. The van der Waals surface area contributed by atoms with Crippen LogP contribution in [0.15, 0.2) is 23.2 Å². The molecule has 0 unspecified atom stereocenters. The number of anilines is 1. The molecule has 0 aliphatic heterocycles.